The maximum absolute atomic E-state index is 15.3. The van der Waals surface area contributed by atoms with Gasteiger partial charge in [0, 0.05) is 0 Å². The number of carbonyl (C=O) groups excluding carboxylic acids is 1. The van der Waals surface area contributed by atoms with E-state index in [2.05, 4.69) is 13.8 Å². The van der Waals surface area contributed by atoms with Crippen LogP contribution in [0.1, 0.15) is 133 Å². The normalized spacial score (nSPS) is 19.5. The van der Waals surface area contributed by atoms with E-state index >= 15 is 4.39 Å². The van der Waals surface area contributed by atoms with Crippen molar-refractivity contribution in [2.24, 2.45) is 0 Å². The van der Waals surface area contributed by atoms with E-state index in [4.69, 9.17) is 14.2 Å². The lowest BCUT2D eigenvalue weighted by Crippen LogP contribution is -2.44. The lowest BCUT2D eigenvalue weighted by molar-refractivity contribution is -0.260. The van der Waals surface area contributed by atoms with E-state index in [1.54, 1.807) is 30.3 Å². The molecule has 47 heavy (non-hydrogen) atoms. The van der Waals surface area contributed by atoms with Crippen LogP contribution in [0.5, 0.6) is 17.2 Å². The minimum absolute atomic E-state index is 0.176. The Morgan fingerprint density at radius 3 is 1.68 bits per heavy atom. The van der Waals surface area contributed by atoms with E-state index in [1.807, 2.05) is 38.1 Å². The number of ether oxygens (including phenoxy) is 3. The summed E-state index contributed by atoms with van der Waals surface area (Å²) < 4.78 is 32.4. The molecule has 0 amide bonds. The van der Waals surface area contributed by atoms with E-state index in [9.17, 15) is 10.0 Å². The van der Waals surface area contributed by atoms with Crippen molar-refractivity contribution < 1.29 is 28.6 Å². The average molecular weight is 647 g/mol. The van der Waals surface area contributed by atoms with Crippen LogP contribution in [-0.4, -0.2) is 24.2 Å². The van der Waals surface area contributed by atoms with E-state index in [0.717, 1.165) is 35.6 Å². The van der Waals surface area contributed by atoms with Gasteiger partial charge in [0.25, 0.3) is 0 Å². The summed E-state index contributed by atoms with van der Waals surface area (Å²) in [5, 5.41) is 15.0. The van der Waals surface area contributed by atoms with Crippen molar-refractivity contribution in [3.63, 3.8) is 0 Å². The van der Waals surface area contributed by atoms with Crippen LogP contribution in [0.15, 0.2) is 66.7 Å². The smallest absolute Gasteiger partial charge is 0.343 e. The summed E-state index contributed by atoms with van der Waals surface area (Å²) in [5.74, 6) is -0.0427. The number of nitrogens with zero attached hydrogens (tertiary/aromatic N) is 1. The first-order chi connectivity index (χ1) is 22.7. The lowest BCUT2D eigenvalue weighted by atomic mass is 9.89. The highest BCUT2D eigenvalue weighted by atomic mass is 19.1. The number of carbonyl (C=O) groups is 1. The second-order valence-corrected chi connectivity index (χ2v) is 13.3. The summed E-state index contributed by atoms with van der Waals surface area (Å²) in [5.41, 5.74) is 0.0174. The molecule has 4 rings (SSSR count). The van der Waals surface area contributed by atoms with E-state index in [0.29, 0.717) is 42.9 Å². The fraction of sp³-hybridized carbons (Fsp3) is 0.525. The number of halogens is 1. The quantitative estimate of drug-likeness (QED) is 0.0736. The number of rotatable bonds is 19. The van der Waals surface area contributed by atoms with Gasteiger partial charge in [0.2, 0.25) is 0 Å². The van der Waals surface area contributed by atoms with Crippen molar-refractivity contribution in [3.8, 4) is 17.2 Å². The molecule has 0 unspecified atom stereocenters. The van der Waals surface area contributed by atoms with Crippen molar-refractivity contribution >= 4 is 5.97 Å². The Morgan fingerprint density at radius 2 is 1.15 bits per heavy atom. The summed E-state index contributed by atoms with van der Waals surface area (Å²) in [6.07, 6.45) is 14.2. The third kappa shape index (κ3) is 9.57. The minimum atomic E-state index is -0.948. The zero-order valence-corrected chi connectivity index (χ0v) is 28.8. The Labute approximate surface area is 281 Å². The number of unbranched alkanes of at least 4 members (excludes halogenated alkanes) is 9. The highest BCUT2D eigenvalue weighted by Crippen LogP contribution is 2.51. The largest absolute Gasteiger partial charge is 0.494 e. The Hall–Kier alpha value is -3.42. The van der Waals surface area contributed by atoms with Crippen LogP contribution in [-0.2, 0) is 16.3 Å². The van der Waals surface area contributed by atoms with Crippen molar-refractivity contribution in [2.75, 3.05) is 13.2 Å². The molecule has 0 aromatic heterocycles. The first-order valence-corrected chi connectivity index (χ1v) is 17.7. The number of hydrogen-bond acceptors (Lipinski definition) is 5. The molecular weight excluding hydrogens is 593 g/mol. The van der Waals surface area contributed by atoms with Gasteiger partial charge < -0.3 is 14.2 Å². The Bertz CT molecular complexity index is 1390. The molecule has 0 spiro atoms. The molecule has 6 nitrogen and oxygen atoms in total. The van der Waals surface area contributed by atoms with E-state index < -0.39 is 22.9 Å². The number of esters is 1. The predicted molar refractivity (Wildman–Crippen MR) is 184 cm³/mol. The summed E-state index contributed by atoms with van der Waals surface area (Å²) >= 11 is 0. The van der Waals surface area contributed by atoms with Gasteiger partial charge in [-0.3, -0.25) is 0 Å². The molecule has 0 bridgehead atoms. The third-order valence-corrected chi connectivity index (χ3v) is 9.60. The molecule has 0 aliphatic carbocycles. The van der Waals surface area contributed by atoms with Crippen molar-refractivity contribution in [1.29, 1.82) is 0 Å². The highest BCUT2D eigenvalue weighted by molar-refractivity contribution is 5.91. The van der Waals surface area contributed by atoms with Gasteiger partial charge in [0.05, 0.1) is 29.9 Å². The molecular formula is C40H53FNO5. The fourth-order valence-electron chi connectivity index (χ4n) is 6.40. The number of benzene rings is 3. The summed E-state index contributed by atoms with van der Waals surface area (Å²) in [4.78, 5) is 12.8. The molecule has 255 valence electrons. The molecule has 3 aromatic rings. The second kappa shape index (κ2) is 17.7. The van der Waals surface area contributed by atoms with Gasteiger partial charge in [-0.2, -0.15) is 0 Å². The van der Waals surface area contributed by atoms with Gasteiger partial charge in [-0.1, -0.05) is 89.8 Å². The van der Waals surface area contributed by atoms with Crippen LogP contribution in [0.3, 0.4) is 0 Å². The van der Waals surface area contributed by atoms with Gasteiger partial charge in [0.15, 0.2) is 11.6 Å². The van der Waals surface area contributed by atoms with Crippen LogP contribution in [0.25, 0.3) is 0 Å². The van der Waals surface area contributed by atoms with Crippen molar-refractivity contribution in [3.05, 3.63) is 89.2 Å². The topological polar surface area (TPSA) is 67.9 Å². The summed E-state index contributed by atoms with van der Waals surface area (Å²) in [6, 6.07) is 18.9. The Balaban J connectivity index is 1.32. The highest BCUT2D eigenvalue weighted by Gasteiger charge is 2.52. The molecule has 2 atom stereocenters. The fourth-order valence-corrected chi connectivity index (χ4v) is 6.40. The molecule has 0 N–H and O–H groups in total. The van der Waals surface area contributed by atoms with E-state index in [-0.39, 0.29) is 5.75 Å². The van der Waals surface area contributed by atoms with E-state index in [1.165, 1.54) is 63.5 Å². The molecule has 0 saturated carbocycles. The van der Waals surface area contributed by atoms with Gasteiger partial charge in [-0.15, -0.1) is 10.3 Å². The number of hydrogen-bond donors (Lipinski definition) is 0. The third-order valence-electron chi connectivity index (χ3n) is 9.60. The van der Waals surface area contributed by atoms with Crippen molar-refractivity contribution in [1.82, 2.24) is 5.06 Å². The van der Waals surface area contributed by atoms with Crippen LogP contribution in [0.4, 0.5) is 4.39 Å². The molecule has 1 aliphatic heterocycles. The van der Waals surface area contributed by atoms with Crippen LogP contribution in [0, 0.1) is 5.82 Å². The molecule has 1 aliphatic rings. The summed E-state index contributed by atoms with van der Waals surface area (Å²) in [7, 11) is 0. The zero-order chi connectivity index (χ0) is 33.7. The van der Waals surface area contributed by atoms with Gasteiger partial charge in [-0.05, 0) is 99.2 Å². The van der Waals surface area contributed by atoms with Gasteiger partial charge in [0.1, 0.15) is 11.5 Å². The SMILES string of the molecule is CCCCCCCCOc1ccc([C@]2(C)CC[C@](C)(c3ccc(OC(=O)c4ccc(OCCCCCCC)cc4)c(F)c3)N2[O])cc1. The maximum atomic E-state index is 15.3. The zero-order valence-electron chi connectivity index (χ0n) is 28.8. The minimum Gasteiger partial charge on any atom is -0.494 e. The van der Waals surface area contributed by atoms with Crippen molar-refractivity contribution in [2.45, 2.75) is 122 Å². The van der Waals surface area contributed by atoms with Crippen LogP contribution in [0.2, 0.25) is 0 Å². The maximum Gasteiger partial charge on any atom is 0.343 e. The standard InChI is InChI=1S/C40H53FNO5/c1-5-7-9-11-13-15-29-46-35-23-18-32(19-24-35)39(3)26-27-40(4,42(39)44)33-20-25-37(36(41)30-33)47-38(43)31-16-21-34(22-17-31)45-28-14-12-10-8-6-2/h16-25,30H,5-15,26-29H2,1-4H3/t39-,40+/m0/s1. The predicted octanol–water partition coefficient (Wildman–Crippen LogP) is 10.7. The Kier molecular flexibility index (Phi) is 13.7. The number of hydroxylamine groups is 2. The first kappa shape index (κ1) is 36.4. The van der Waals surface area contributed by atoms with Gasteiger partial charge in [-0.25, -0.2) is 9.18 Å². The van der Waals surface area contributed by atoms with Gasteiger partial charge >= 0.3 is 5.97 Å². The molecule has 7 heteroatoms. The molecule has 1 radical (unpaired) electrons. The molecule has 1 fully saturated rings. The molecule has 1 heterocycles. The summed E-state index contributed by atoms with van der Waals surface area (Å²) in [6.45, 7) is 9.51. The van der Waals surface area contributed by atoms with Crippen LogP contribution < -0.4 is 14.2 Å². The lowest BCUT2D eigenvalue weighted by Gasteiger charge is -2.37. The first-order valence-electron chi connectivity index (χ1n) is 17.7. The molecule has 3 aromatic carbocycles. The Morgan fingerprint density at radius 1 is 0.681 bits per heavy atom. The monoisotopic (exact) mass is 646 g/mol. The molecule has 1 saturated heterocycles. The average Bonchev–Trinajstić information content (AvgIpc) is 3.33. The van der Waals surface area contributed by atoms with Crippen LogP contribution >= 0.6 is 0 Å². The second-order valence-electron chi connectivity index (χ2n) is 13.3.